The summed E-state index contributed by atoms with van der Waals surface area (Å²) in [6.07, 6.45) is 4.75. The van der Waals surface area contributed by atoms with Crippen molar-refractivity contribution in [2.45, 2.75) is 26.1 Å². The first-order valence-corrected chi connectivity index (χ1v) is 8.18. The second-order valence-corrected chi connectivity index (χ2v) is 6.18. The molecule has 0 aliphatic carbocycles. The first-order chi connectivity index (χ1) is 11.8. The molecule has 2 aromatic heterocycles. The highest BCUT2D eigenvalue weighted by Gasteiger charge is 2.23. The summed E-state index contributed by atoms with van der Waals surface area (Å²) in [6.45, 7) is 3.51. The summed E-state index contributed by atoms with van der Waals surface area (Å²) in [7, 11) is 0. The van der Waals surface area contributed by atoms with Gasteiger partial charge in [-0.1, -0.05) is 18.2 Å². The number of nitrogens with zero attached hydrogens (tertiary/aromatic N) is 4. The summed E-state index contributed by atoms with van der Waals surface area (Å²) < 4.78 is 15.1. The summed E-state index contributed by atoms with van der Waals surface area (Å²) in [6, 6.07) is 12.7. The van der Waals surface area contributed by atoms with Gasteiger partial charge in [0, 0.05) is 43.5 Å². The van der Waals surface area contributed by atoms with Gasteiger partial charge in [0.05, 0.1) is 18.4 Å². The zero-order valence-corrected chi connectivity index (χ0v) is 13.4. The number of fused-ring (bicyclic) bond motifs is 1. The van der Waals surface area contributed by atoms with E-state index in [1.165, 1.54) is 23.4 Å². The second-order valence-electron chi connectivity index (χ2n) is 6.18. The topological polar surface area (TPSA) is 34.0 Å². The minimum absolute atomic E-state index is 0.204. The number of rotatable bonds is 5. The minimum atomic E-state index is -0.204. The van der Waals surface area contributed by atoms with E-state index in [-0.39, 0.29) is 5.82 Å². The van der Waals surface area contributed by atoms with E-state index in [4.69, 9.17) is 0 Å². The highest BCUT2D eigenvalue weighted by molar-refractivity contribution is 5.24. The standard InChI is InChI=1S/C19H19FN4/c20-17-6-4-15(5-7-17)12-24-19-14-23(13-16(19)11-22-24)10-8-18-3-1-2-9-21-18/h1-7,9,11H,8,10,12-14H2. The average molecular weight is 322 g/mol. The van der Waals surface area contributed by atoms with Crippen LogP contribution < -0.4 is 0 Å². The zero-order chi connectivity index (χ0) is 16.4. The first-order valence-electron chi connectivity index (χ1n) is 8.18. The monoisotopic (exact) mass is 322 g/mol. The van der Waals surface area contributed by atoms with Crippen LogP contribution in [-0.2, 0) is 26.1 Å². The van der Waals surface area contributed by atoms with Crippen LogP contribution in [0.4, 0.5) is 4.39 Å². The molecule has 0 atom stereocenters. The fraction of sp³-hybridized carbons (Fsp3) is 0.263. The third-order valence-corrected chi connectivity index (χ3v) is 4.46. The van der Waals surface area contributed by atoms with Crippen LogP contribution in [0.1, 0.15) is 22.5 Å². The summed E-state index contributed by atoms with van der Waals surface area (Å²) >= 11 is 0. The van der Waals surface area contributed by atoms with Gasteiger partial charge in [-0.15, -0.1) is 0 Å². The van der Waals surface area contributed by atoms with Gasteiger partial charge in [-0.3, -0.25) is 14.6 Å². The minimum Gasteiger partial charge on any atom is -0.293 e. The molecule has 3 aromatic rings. The van der Waals surface area contributed by atoms with Gasteiger partial charge < -0.3 is 0 Å². The normalized spacial score (nSPS) is 14.0. The van der Waals surface area contributed by atoms with Crippen LogP contribution >= 0.6 is 0 Å². The number of aromatic nitrogens is 3. The molecular weight excluding hydrogens is 303 g/mol. The van der Waals surface area contributed by atoms with Crippen LogP contribution in [0.2, 0.25) is 0 Å². The Morgan fingerprint density at radius 2 is 1.92 bits per heavy atom. The Bertz CT molecular complexity index is 811. The van der Waals surface area contributed by atoms with Crippen molar-refractivity contribution in [3.05, 3.63) is 83.2 Å². The van der Waals surface area contributed by atoms with Gasteiger partial charge in [0.1, 0.15) is 5.82 Å². The number of hydrogen-bond acceptors (Lipinski definition) is 3. The molecule has 0 N–H and O–H groups in total. The van der Waals surface area contributed by atoms with Gasteiger partial charge in [0.2, 0.25) is 0 Å². The third kappa shape index (κ3) is 3.21. The van der Waals surface area contributed by atoms with Crippen molar-refractivity contribution in [3.8, 4) is 0 Å². The van der Waals surface area contributed by atoms with E-state index in [0.29, 0.717) is 6.54 Å². The lowest BCUT2D eigenvalue weighted by atomic mass is 10.2. The number of benzene rings is 1. The molecule has 3 heterocycles. The third-order valence-electron chi connectivity index (χ3n) is 4.46. The molecule has 0 bridgehead atoms. The smallest absolute Gasteiger partial charge is 0.123 e. The highest BCUT2D eigenvalue weighted by Crippen LogP contribution is 2.23. The maximum Gasteiger partial charge on any atom is 0.123 e. The molecule has 0 saturated carbocycles. The van der Waals surface area contributed by atoms with Crippen LogP contribution in [0.5, 0.6) is 0 Å². The van der Waals surface area contributed by atoms with E-state index in [1.54, 1.807) is 0 Å². The summed E-state index contributed by atoms with van der Waals surface area (Å²) in [5.74, 6) is -0.204. The Morgan fingerprint density at radius 3 is 2.71 bits per heavy atom. The summed E-state index contributed by atoms with van der Waals surface area (Å²) in [4.78, 5) is 6.80. The van der Waals surface area contributed by atoms with Crippen molar-refractivity contribution < 1.29 is 4.39 Å². The van der Waals surface area contributed by atoms with Gasteiger partial charge in [0.25, 0.3) is 0 Å². The van der Waals surface area contributed by atoms with Gasteiger partial charge >= 0.3 is 0 Å². The molecule has 0 unspecified atom stereocenters. The average Bonchev–Trinajstić information content (AvgIpc) is 3.17. The SMILES string of the molecule is Fc1ccc(Cn2ncc3c2CN(CCc2ccccn2)C3)cc1. The molecule has 1 aliphatic rings. The Hall–Kier alpha value is -2.53. The van der Waals surface area contributed by atoms with E-state index >= 15 is 0 Å². The van der Waals surface area contributed by atoms with E-state index in [1.807, 2.05) is 41.3 Å². The van der Waals surface area contributed by atoms with E-state index in [2.05, 4.69) is 21.0 Å². The van der Waals surface area contributed by atoms with Crippen LogP contribution in [0.15, 0.2) is 54.9 Å². The van der Waals surface area contributed by atoms with Gasteiger partial charge in [0.15, 0.2) is 0 Å². The number of pyridine rings is 1. The maximum absolute atomic E-state index is 13.0. The molecule has 24 heavy (non-hydrogen) atoms. The Labute approximate surface area is 140 Å². The van der Waals surface area contributed by atoms with Crippen molar-refractivity contribution in [3.63, 3.8) is 0 Å². The Morgan fingerprint density at radius 1 is 1.04 bits per heavy atom. The maximum atomic E-state index is 13.0. The van der Waals surface area contributed by atoms with Crippen molar-refractivity contribution in [2.75, 3.05) is 6.54 Å². The number of halogens is 1. The van der Waals surface area contributed by atoms with Crippen LogP contribution in [0, 0.1) is 5.82 Å². The molecule has 0 spiro atoms. The lowest BCUT2D eigenvalue weighted by Crippen LogP contribution is -2.21. The molecule has 4 rings (SSSR count). The molecule has 0 fully saturated rings. The molecule has 5 heteroatoms. The summed E-state index contributed by atoms with van der Waals surface area (Å²) in [5, 5.41) is 4.49. The van der Waals surface area contributed by atoms with E-state index in [9.17, 15) is 4.39 Å². The van der Waals surface area contributed by atoms with Crippen LogP contribution in [0.3, 0.4) is 0 Å². The summed E-state index contributed by atoms with van der Waals surface area (Å²) in [5.41, 5.74) is 4.74. The van der Waals surface area contributed by atoms with Gasteiger partial charge in [-0.2, -0.15) is 5.10 Å². The van der Waals surface area contributed by atoms with Crippen molar-refractivity contribution in [1.29, 1.82) is 0 Å². The quantitative estimate of drug-likeness (QED) is 0.724. The Kier molecular flexibility index (Phi) is 4.09. The molecule has 0 radical (unpaired) electrons. The molecular formula is C19H19FN4. The fourth-order valence-corrected chi connectivity index (χ4v) is 3.15. The second kappa shape index (κ2) is 6.53. The lowest BCUT2D eigenvalue weighted by Gasteiger charge is -2.15. The first kappa shape index (κ1) is 15.0. The Balaban J connectivity index is 1.40. The number of hydrogen-bond donors (Lipinski definition) is 0. The van der Waals surface area contributed by atoms with Gasteiger partial charge in [-0.25, -0.2) is 4.39 Å². The zero-order valence-electron chi connectivity index (χ0n) is 13.4. The van der Waals surface area contributed by atoms with Crippen LogP contribution in [0.25, 0.3) is 0 Å². The largest absolute Gasteiger partial charge is 0.293 e. The molecule has 0 amide bonds. The van der Waals surface area contributed by atoms with Crippen molar-refractivity contribution in [2.24, 2.45) is 0 Å². The molecule has 4 nitrogen and oxygen atoms in total. The predicted octanol–water partition coefficient (Wildman–Crippen LogP) is 3.02. The molecule has 122 valence electrons. The van der Waals surface area contributed by atoms with E-state index in [0.717, 1.165) is 37.3 Å². The van der Waals surface area contributed by atoms with Gasteiger partial charge in [-0.05, 0) is 29.8 Å². The lowest BCUT2D eigenvalue weighted by molar-refractivity contribution is 0.280. The van der Waals surface area contributed by atoms with Crippen molar-refractivity contribution >= 4 is 0 Å². The van der Waals surface area contributed by atoms with Crippen LogP contribution in [-0.4, -0.2) is 26.2 Å². The molecule has 1 aromatic carbocycles. The fourth-order valence-electron chi connectivity index (χ4n) is 3.15. The highest BCUT2D eigenvalue weighted by atomic mass is 19.1. The molecule has 0 saturated heterocycles. The molecule has 1 aliphatic heterocycles. The predicted molar refractivity (Wildman–Crippen MR) is 89.8 cm³/mol. The van der Waals surface area contributed by atoms with Crippen molar-refractivity contribution in [1.82, 2.24) is 19.7 Å². The van der Waals surface area contributed by atoms with E-state index < -0.39 is 0 Å².